The van der Waals surface area contributed by atoms with Crippen molar-refractivity contribution in [3.05, 3.63) is 65.2 Å². The molecule has 0 radical (unpaired) electrons. The molecule has 0 atom stereocenters. The summed E-state index contributed by atoms with van der Waals surface area (Å²) in [5.41, 5.74) is 2.90. The number of nitrogens with one attached hydrogen (secondary N) is 1. The largest absolute Gasteiger partial charge is 0.497 e. The van der Waals surface area contributed by atoms with Crippen LogP contribution in [0.1, 0.15) is 16.7 Å². The van der Waals surface area contributed by atoms with Crippen LogP contribution in [0.3, 0.4) is 0 Å². The number of sulfonamides is 1. The third-order valence-electron chi connectivity index (χ3n) is 3.31. The van der Waals surface area contributed by atoms with Crippen LogP contribution >= 0.6 is 0 Å². The minimum Gasteiger partial charge on any atom is -0.497 e. The SMILES string of the molecule is COc1cccc(CCNS(=O)(=O)Cc2cccc(C)c2)c1. The van der Waals surface area contributed by atoms with E-state index in [9.17, 15) is 8.42 Å². The van der Waals surface area contributed by atoms with Gasteiger partial charge < -0.3 is 4.74 Å². The Kier molecular flexibility index (Phi) is 5.57. The van der Waals surface area contributed by atoms with E-state index in [2.05, 4.69) is 4.72 Å². The van der Waals surface area contributed by atoms with Gasteiger partial charge in [-0.1, -0.05) is 42.0 Å². The zero-order chi connectivity index (χ0) is 16.0. The van der Waals surface area contributed by atoms with Gasteiger partial charge >= 0.3 is 0 Å². The van der Waals surface area contributed by atoms with E-state index >= 15 is 0 Å². The summed E-state index contributed by atoms with van der Waals surface area (Å²) in [5, 5.41) is 0. The molecular formula is C17H21NO3S. The first-order chi connectivity index (χ1) is 10.5. The van der Waals surface area contributed by atoms with Crippen molar-refractivity contribution in [1.29, 1.82) is 0 Å². The second-order valence-corrected chi connectivity index (χ2v) is 7.05. The second-order valence-electron chi connectivity index (χ2n) is 5.24. The van der Waals surface area contributed by atoms with Gasteiger partial charge in [-0.05, 0) is 36.6 Å². The standard InChI is InChI=1S/C17H21NO3S/c1-14-5-3-7-16(11-14)13-22(19,20)18-10-9-15-6-4-8-17(12-15)21-2/h3-8,11-12,18H,9-10,13H2,1-2H3. The van der Waals surface area contributed by atoms with E-state index in [0.717, 1.165) is 22.4 Å². The van der Waals surface area contributed by atoms with Crippen LogP contribution in [0.4, 0.5) is 0 Å². The molecule has 1 N–H and O–H groups in total. The van der Waals surface area contributed by atoms with Crippen molar-refractivity contribution in [2.45, 2.75) is 19.1 Å². The molecule has 0 aliphatic rings. The maximum Gasteiger partial charge on any atom is 0.215 e. The lowest BCUT2D eigenvalue weighted by Gasteiger charge is -2.08. The van der Waals surface area contributed by atoms with Crippen LogP contribution in [0, 0.1) is 6.92 Å². The van der Waals surface area contributed by atoms with Gasteiger partial charge in [-0.25, -0.2) is 13.1 Å². The summed E-state index contributed by atoms with van der Waals surface area (Å²) in [4.78, 5) is 0. The summed E-state index contributed by atoms with van der Waals surface area (Å²) in [7, 11) is -1.70. The zero-order valence-corrected chi connectivity index (χ0v) is 13.7. The van der Waals surface area contributed by atoms with Gasteiger partial charge in [0.2, 0.25) is 10.0 Å². The Morgan fingerprint density at radius 1 is 1.05 bits per heavy atom. The minimum absolute atomic E-state index is 0.00674. The van der Waals surface area contributed by atoms with Crippen LogP contribution in [0.2, 0.25) is 0 Å². The van der Waals surface area contributed by atoms with Gasteiger partial charge in [-0.15, -0.1) is 0 Å². The molecule has 0 unspecified atom stereocenters. The summed E-state index contributed by atoms with van der Waals surface area (Å²) < 4.78 is 32.0. The number of rotatable bonds is 7. The summed E-state index contributed by atoms with van der Waals surface area (Å²) in [6.45, 7) is 2.33. The highest BCUT2D eigenvalue weighted by Crippen LogP contribution is 2.13. The third kappa shape index (κ3) is 5.16. The molecule has 0 spiro atoms. The monoisotopic (exact) mass is 319 g/mol. The van der Waals surface area contributed by atoms with Gasteiger partial charge in [-0.3, -0.25) is 0 Å². The highest BCUT2D eigenvalue weighted by atomic mass is 32.2. The third-order valence-corrected chi connectivity index (χ3v) is 4.67. The Hall–Kier alpha value is -1.85. The van der Waals surface area contributed by atoms with Gasteiger partial charge in [0.15, 0.2) is 0 Å². The lowest BCUT2D eigenvalue weighted by Crippen LogP contribution is -2.27. The molecule has 4 nitrogen and oxygen atoms in total. The maximum atomic E-state index is 12.1. The lowest BCUT2D eigenvalue weighted by atomic mass is 10.1. The molecule has 2 aromatic rings. The van der Waals surface area contributed by atoms with Gasteiger partial charge in [0.1, 0.15) is 5.75 Å². The van der Waals surface area contributed by atoms with E-state index in [0.29, 0.717) is 13.0 Å². The Morgan fingerprint density at radius 2 is 1.77 bits per heavy atom. The minimum atomic E-state index is -3.32. The zero-order valence-electron chi connectivity index (χ0n) is 12.9. The molecule has 0 bridgehead atoms. The molecule has 0 fully saturated rings. The van der Waals surface area contributed by atoms with Crippen LogP contribution in [0.15, 0.2) is 48.5 Å². The van der Waals surface area contributed by atoms with Crippen LogP contribution in [0.5, 0.6) is 5.75 Å². The van der Waals surface area contributed by atoms with Crippen molar-refractivity contribution in [2.75, 3.05) is 13.7 Å². The molecular weight excluding hydrogens is 298 g/mol. The first-order valence-corrected chi connectivity index (χ1v) is 8.79. The van der Waals surface area contributed by atoms with Crippen LogP contribution < -0.4 is 9.46 Å². The van der Waals surface area contributed by atoms with Gasteiger partial charge in [0, 0.05) is 6.54 Å². The first-order valence-electron chi connectivity index (χ1n) is 7.14. The molecule has 22 heavy (non-hydrogen) atoms. The predicted octanol–water partition coefficient (Wildman–Crippen LogP) is 2.67. The van der Waals surface area contributed by atoms with Crippen molar-refractivity contribution in [2.24, 2.45) is 0 Å². The Labute approximate surface area is 132 Å². The highest BCUT2D eigenvalue weighted by molar-refractivity contribution is 7.88. The van der Waals surface area contributed by atoms with Gasteiger partial charge in [-0.2, -0.15) is 0 Å². The molecule has 0 amide bonds. The van der Waals surface area contributed by atoms with Crippen molar-refractivity contribution >= 4 is 10.0 Å². The maximum absolute atomic E-state index is 12.1. The van der Waals surface area contributed by atoms with Crippen molar-refractivity contribution in [3.63, 3.8) is 0 Å². The van der Waals surface area contributed by atoms with E-state index in [1.807, 2.05) is 55.5 Å². The Balaban J connectivity index is 1.89. The second kappa shape index (κ2) is 7.42. The van der Waals surface area contributed by atoms with E-state index in [4.69, 9.17) is 4.74 Å². The summed E-state index contributed by atoms with van der Waals surface area (Å²) in [5.74, 6) is 0.785. The molecule has 118 valence electrons. The van der Waals surface area contributed by atoms with Crippen LogP contribution in [-0.2, 0) is 22.2 Å². The van der Waals surface area contributed by atoms with E-state index in [1.54, 1.807) is 7.11 Å². The van der Waals surface area contributed by atoms with Gasteiger partial charge in [0.05, 0.1) is 12.9 Å². The fraction of sp³-hybridized carbons (Fsp3) is 0.294. The first kappa shape index (κ1) is 16.5. The highest BCUT2D eigenvalue weighted by Gasteiger charge is 2.11. The molecule has 0 heterocycles. The molecule has 0 aliphatic carbocycles. The fourth-order valence-corrected chi connectivity index (χ4v) is 3.38. The topological polar surface area (TPSA) is 55.4 Å². The number of ether oxygens (including phenoxy) is 1. The lowest BCUT2D eigenvalue weighted by molar-refractivity contribution is 0.414. The van der Waals surface area contributed by atoms with E-state index in [-0.39, 0.29) is 5.75 Å². The fourth-order valence-electron chi connectivity index (χ4n) is 2.25. The number of hydrogen-bond donors (Lipinski definition) is 1. The van der Waals surface area contributed by atoms with Crippen molar-refractivity contribution in [3.8, 4) is 5.75 Å². The van der Waals surface area contributed by atoms with Crippen LogP contribution in [-0.4, -0.2) is 22.1 Å². The molecule has 0 saturated carbocycles. The average Bonchev–Trinajstić information content (AvgIpc) is 2.47. The Morgan fingerprint density at radius 3 is 2.50 bits per heavy atom. The number of methoxy groups -OCH3 is 1. The van der Waals surface area contributed by atoms with E-state index in [1.165, 1.54) is 0 Å². The predicted molar refractivity (Wildman–Crippen MR) is 88.5 cm³/mol. The summed E-state index contributed by atoms with van der Waals surface area (Å²) >= 11 is 0. The molecule has 0 saturated heterocycles. The molecule has 0 aliphatic heterocycles. The summed E-state index contributed by atoms with van der Waals surface area (Å²) in [6, 6.07) is 15.2. The summed E-state index contributed by atoms with van der Waals surface area (Å²) in [6.07, 6.45) is 0.629. The molecule has 2 aromatic carbocycles. The van der Waals surface area contributed by atoms with Crippen LogP contribution in [0.25, 0.3) is 0 Å². The van der Waals surface area contributed by atoms with Gasteiger partial charge in [0.25, 0.3) is 0 Å². The normalized spacial score (nSPS) is 11.4. The Bertz CT molecular complexity index is 726. The van der Waals surface area contributed by atoms with E-state index < -0.39 is 10.0 Å². The average molecular weight is 319 g/mol. The molecule has 0 aromatic heterocycles. The smallest absolute Gasteiger partial charge is 0.215 e. The van der Waals surface area contributed by atoms with Crippen molar-refractivity contribution in [1.82, 2.24) is 4.72 Å². The van der Waals surface area contributed by atoms with Crippen molar-refractivity contribution < 1.29 is 13.2 Å². The number of hydrogen-bond acceptors (Lipinski definition) is 3. The molecule has 5 heteroatoms. The molecule has 2 rings (SSSR count). The number of aryl methyl sites for hydroxylation is 1. The number of benzene rings is 2. The quantitative estimate of drug-likeness (QED) is 0.853.